The first-order valence-corrected chi connectivity index (χ1v) is 6.73. The van der Waals surface area contributed by atoms with Crippen LogP contribution in [0.1, 0.15) is 72.6 Å². The minimum Gasteiger partial charge on any atom is -0.481 e. The first kappa shape index (κ1) is 15.5. The van der Waals surface area contributed by atoms with Gasteiger partial charge in [0, 0.05) is 0 Å². The second-order valence-electron chi connectivity index (χ2n) is 5.24. The number of carboxylic acid groups (broad SMARTS) is 1. The van der Waals surface area contributed by atoms with Crippen LogP contribution >= 0.6 is 0 Å². The van der Waals surface area contributed by atoms with Crippen molar-refractivity contribution >= 4 is 5.97 Å². The maximum Gasteiger partial charge on any atom is 0.309 e. The summed E-state index contributed by atoms with van der Waals surface area (Å²) in [5.41, 5.74) is -0.511. The van der Waals surface area contributed by atoms with Gasteiger partial charge in [-0.3, -0.25) is 4.79 Å². The van der Waals surface area contributed by atoms with Crippen molar-refractivity contribution in [2.24, 2.45) is 11.3 Å². The van der Waals surface area contributed by atoms with E-state index in [1.54, 1.807) is 0 Å². The highest BCUT2D eigenvalue weighted by molar-refractivity contribution is 5.74. The number of hydrogen-bond acceptors (Lipinski definition) is 1. The molecule has 0 heterocycles. The van der Waals surface area contributed by atoms with E-state index in [9.17, 15) is 9.90 Å². The molecule has 0 aromatic rings. The molecule has 0 aliphatic carbocycles. The van der Waals surface area contributed by atoms with Crippen LogP contribution in [0.3, 0.4) is 0 Å². The molecule has 0 rings (SSSR count). The first-order valence-electron chi connectivity index (χ1n) is 6.73. The topological polar surface area (TPSA) is 37.3 Å². The maximum absolute atomic E-state index is 11.3. The third-order valence-corrected chi connectivity index (χ3v) is 3.60. The molecule has 0 saturated heterocycles. The fourth-order valence-corrected chi connectivity index (χ4v) is 2.43. The van der Waals surface area contributed by atoms with Gasteiger partial charge in [0.15, 0.2) is 0 Å². The molecular formula is C14H28O2. The quantitative estimate of drug-likeness (QED) is 0.631. The lowest BCUT2D eigenvalue weighted by Gasteiger charge is -2.29. The summed E-state index contributed by atoms with van der Waals surface area (Å²) in [4.78, 5) is 11.3. The standard InChI is InChI=1S/C14H28O2/c1-5-8-9-12(7-3)11-14(4,10-6-2)13(15)16/h12H,5-11H2,1-4H3,(H,15,16). The van der Waals surface area contributed by atoms with Gasteiger partial charge in [-0.15, -0.1) is 0 Å². The van der Waals surface area contributed by atoms with Gasteiger partial charge in [-0.25, -0.2) is 0 Å². The fourth-order valence-electron chi connectivity index (χ4n) is 2.43. The molecule has 0 saturated carbocycles. The van der Waals surface area contributed by atoms with Gasteiger partial charge < -0.3 is 5.11 Å². The van der Waals surface area contributed by atoms with Gasteiger partial charge in [0.1, 0.15) is 0 Å². The molecule has 2 nitrogen and oxygen atoms in total. The van der Waals surface area contributed by atoms with Crippen molar-refractivity contribution in [2.75, 3.05) is 0 Å². The predicted molar refractivity (Wildman–Crippen MR) is 68.6 cm³/mol. The highest BCUT2D eigenvalue weighted by Gasteiger charge is 2.34. The van der Waals surface area contributed by atoms with E-state index in [4.69, 9.17) is 0 Å². The van der Waals surface area contributed by atoms with Crippen LogP contribution in [0.5, 0.6) is 0 Å². The number of aliphatic carboxylic acids is 1. The van der Waals surface area contributed by atoms with Gasteiger partial charge in [-0.05, 0) is 25.7 Å². The molecule has 0 fully saturated rings. The average Bonchev–Trinajstić information content (AvgIpc) is 2.24. The minimum atomic E-state index is -0.621. The molecule has 0 bridgehead atoms. The van der Waals surface area contributed by atoms with Crippen LogP contribution in [0.15, 0.2) is 0 Å². The molecule has 0 aromatic carbocycles. The Labute approximate surface area is 100 Å². The Balaban J connectivity index is 4.40. The fraction of sp³-hybridized carbons (Fsp3) is 0.929. The molecule has 96 valence electrons. The number of hydrogen-bond donors (Lipinski definition) is 1. The van der Waals surface area contributed by atoms with Crippen molar-refractivity contribution in [1.82, 2.24) is 0 Å². The van der Waals surface area contributed by atoms with Gasteiger partial charge in [0.05, 0.1) is 5.41 Å². The lowest BCUT2D eigenvalue weighted by Crippen LogP contribution is -2.30. The molecule has 0 spiro atoms. The molecule has 2 heteroatoms. The van der Waals surface area contributed by atoms with Crippen molar-refractivity contribution in [1.29, 1.82) is 0 Å². The third kappa shape index (κ3) is 5.00. The summed E-state index contributed by atoms with van der Waals surface area (Å²) in [7, 11) is 0. The Morgan fingerprint density at radius 3 is 2.25 bits per heavy atom. The van der Waals surface area contributed by atoms with E-state index in [1.807, 2.05) is 6.92 Å². The van der Waals surface area contributed by atoms with Crippen LogP contribution in [0.25, 0.3) is 0 Å². The summed E-state index contributed by atoms with van der Waals surface area (Å²) in [6.45, 7) is 8.34. The summed E-state index contributed by atoms with van der Waals surface area (Å²) in [5.74, 6) is -0.0445. The normalized spacial score (nSPS) is 16.8. The van der Waals surface area contributed by atoms with Gasteiger partial charge in [0.25, 0.3) is 0 Å². The third-order valence-electron chi connectivity index (χ3n) is 3.60. The van der Waals surface area contributed by atoms with Gasteiger partial charge >= 0.3 is 5.97 Å². The Morgan fingerprint density at radius 1 is 1.25 bits per heavy atom. The van der Waals surface area contributed by atoms with Crippen LogP contribution in [0, 0.1) is 11.3 Å². The summed E-state index contributed by atoms with van der Waals surface area (Å²) in [6, 6.07) is 0. The Bertz CT molecular complexity index is 201. The average molecular weight is 228 g/mol. The van der Waals surface area contributed by atoms with Gasteiger partial charge in [-0.2, -0.15) is 0 Å². The molecule has 2 unspecified atom stereocenters. The highest BCUT2D eigenvalue weighted by atomic mass is 16.4. The molecule has 0 radical (unpaired) electrons. The second-order valence-corrected chi connectivity index (χ2v) is 5.24. The van der Waals surface area contributed by atoms with E-state index in [1.165, 1.54) is 19.3 Å². The monoisotopic (exact) mass is 228 g/mol. The van der Waals surface area contributed by atoms with Crippen molar-refractivity contribution in [2.45, 2.75) is 72.6 Å². The Morgan fingerprint density at radius 2 is 1.88 bits per heavy atom. The van der Waals surface area contributed by atoms with Crippen molar-refractivity contribution in [3.8, 4) is 0 Å². The molecule has 2 atom stereocenters. The van der Waals surface area contributed by atoms with E-state index in [0.717, 1.165) is 25.7 Å². The molecule has 0 aliphatic rings. The number of unbranched alkanes of at least 4 members (excludes halogenated alkanes) is 1. The zero-order valence-corrected chi connectivity index (χ0v) is 11.4. The molecule has 0 aromatic heterocycles. The van der Waals surface area contributed by atoms with Crippen molar-refractivity contribution in [3.63, 3.8) is 0 Å². The van der Waals surface area contributed by atoms with Crippen LogP contribution in [-0.4, -0.2) is 11.1 Å². The Hall–Kier alpha value is -0.530. The van der Waals surface area contributed by atoms with Crippen molar-refractivity contribution < 1.29 is 9.90 Å². The molecular weight excluding hydrogens is 200 g/mol. The molecule has 1 N–H and O–H groups in total. The zero-order chi connectivity index (χ0) is 12.6. The van der Waals surface area contributed by atoms with E-state index in [-0.39, 0.29) is 0 Å². The second kappa shape index (κ2) is 7.70. The first-order chi connectivity index (χ1) is 7.50. The van der Waals surface area contributed by atoms with Crippen LogP contribution < -0.4 is 0 Å². The SMILES string of the molecule is CCCCC(CC)CC(C)(CCC)C(=O)O. The number of carbonyl (C=O) groups is 1. The number of carboxylic acids is 1. The van der Waals surface area contributed by atoms with Crippen LogP contribution in [-0.2, 0) is 4.79 Å². The van der Waals surface area contributed by atoms with E-state index in [0.29, 0.717) is 5.92 Å². The number of rotatable bonds is 9. The predicted octanol–water partition coefficient (Wildman–Crippen LogP) is 4.48. The molecule has 16 heavy (non-hydrogen) atoms. The summed E-state index contributed by atoms with van der Waals surface area (Å²) in [6.07, 6.45) is 7.30. The van der Waals surface area contributed by atoms with Gasteiger partial charge in [0.2, 0.25) is 0 Å². The maximum atomic E-state index is 11.3. The van der Waals surface area contributed by atoms with Gasteiger partial charge in [-0.1, -0.05) is 52.9 Å². The van der Waals surface area contributed by atoms with E-state index in [2.05, 4.69) is 20.8 Å². The highest BCUT2D eigenvalue weighted by Crippen LogP contribution is 2.34. The van der Waals surface area contributed by atoms with E-state index < -0.39 is 11.4 Å². The summed E-state index contributed by atoms with van der Waals surface area (Å²) >= 11 is 0. The molecule has 0 amide bonds. The lowest BCUT2D eigenvalue weighted by atomic mass is 9.75. The largest absolute Gasteiger partial charge is 0.481 e. The van der Waals surface area contributed by atoms with Crippen LogP contribution in [0.4, 0.5) is 0 Å². The lowest BCUT2D eigenvalue weighted by molar-refractivity contribution is -0.149. The van der Waals surface area contributed by atoms with E-state index >= 15 is 0 Å². The van der Waals surface area contributed by atoms with Crippen LogP contribution in [0.2, 0.25) is 0 Å². The summed E-state index contributed by atoms with van der Waals surface area (Å²) in [5, 5.41) is 9.33. The summed E-state index contributed by atoms with van der Waals surface area (Å²) < 4.78 is 0. The Kier molecular flexibility index (Phi) is 7.44. The zero-order valence-electron chi connectivity index (χ0n) is 11.4. The smallest absolute Gasteiger partial charge is 0.309 e. The van der Waals surface area contributed by atoms with Crippen molar-refractivity contribution in [3.05, 3.63) is 0 Å². The molecule has 0 aliphatic heterocycles. The minimum absolute atomic E-state index is 0.511.